The molecule has 0 aliphatic carbocycles. The van der Waals surface area contributed by atoms with E-state index in [4.69, 9.17) is 11.5 Å². The minimum atomic E-state index is -2.59. The smallest absolute Gasteiger partial charge is 0.343 e. The number of guanidine groups is 2. The number of nitrogens with two attached hydrogens (primary N) is 2. The zero-order valence-electron chi connectivity index (χ0n) is 21.9. The average Bonchev–Trinajstić information content (AvgIpc) is 3.41. The zero-order valence-corrected chi connectivity index (χ0v) is 21.9. The van der Waals surface area contributed by atoms with Crippen LogP contribution in [0.15, 0.2) is 23.2 Å². The van der Waals surface area contributed by atoms with Gasteiger partial charge in [-0.3, -0.25) is 34.9 Å². The Bertz CT molecular complexity index is 1270. The highest BCUT2D eigenvalue weighted by Gasteiger charge is 2.76. The van der Waals surface area contributed by atoms with Crippen LogP contribution < -0.4 is 27.1 Å². The van der Waals surface area contributed by atoms with E-state index in [1.165, 1.54) is 4.90 Å². The van der Waals surface area contributed by atoms with E-state index in [2.05, 4.69) is 20.6 Å². The number of aryl methyl sites for hydroxylation is 1. The van der Waals surface area contributed by atoms with Crippen molar-refractivity contribution in [2.45, 2.75) is 75.5 Å². The maximum absolute atomic E-state index is 13.6. The Labute approximate surface area is 220 Å². The number of aliphatic hydroxyl groups is 2. The van der Waals surface area contributed by atoms with Gasteiger partial charge in [-0.2, -0.15) is 0 Å². The fourth-order valence-corrected chi connectivity index (χ4v) is 6.42. The second-order valence-corrected chi connectivity index (χ2v) is 11.5. The van der Waals surface area contributed by atoms with Gasteiger partial charge in [0.2, 0.25) is 17.6 Å². The third kappa shape index (κ3) is 3.63. The lowest BCUT2D eigenvalue weighted by molar-refractivity contribution is -0.521. The summed E-state index contributed by atoms with van der Waals surface area (Å²) >= 11 is 0. The fourth-order valence-electron chi connectivity index (χ4n) is 6.42. The molecule has 2 fully saturated rings. The fraction of sp³-hybridized carbons (Fsp3) is 0.560. The molecule has 4 aliphatic rings. The van der Waals surface area contributed by atoms with Gasteiger partial charge in [0.25, 0.3) is 11.6 Å². The van der Waals surface area contributed by atoms with E-state index in [0.29, 0.717) is 5.56 Å². The first-order valence-corrected chi connectivity index (χ1v) is 12.7. The summed E-state index contributed by atoms with van der Waals surface area (Å²) in [5.74, 6) is -3.71. The first-order valence-electron chi connectivity index (χ1n) is 12.7. The Morgan fingerprint density at radius 2 is 1.89 bits per heavy atom. The van der Waals surface area contributed by atoms with Gasteiger partial charge in [-0.15, -0.1) is 0 Å². The summed E-state index contributed by atoms with van der Waals surface area (Å²) in [5, 5.41) is 29.1. The van der Waals surface area contributed by atoms with Gasteiger partial charge in [0.15, 0.2) is 12.0 Å². The number of carbonyl (C=O) groups is 3. The molecule has 0 radical (unpaired) electrons. The predicted molar refractivity (Wildman–Crippen MR) is 136 cm³/mol. The van der Waals surface area contributed by atoms with E-state index in [1.54, 1.807) is 12.1 Å². The van der Waals surface area contributed by atoms with Crippen LogP contribution in [-0.2, 0) is 15.0 Å². The van der Waals surface area contributed by atoms with E-state index in [9.17, 15) is 24.6 Å². The molecule has 2 unspecified atom stereocenters. The van der Waals surface area contributed by atoms with E-state index in [-0.39, 0.29) is 55.1 Å². The molecule has 1 spiro atoms. The zero-order chi connectivity index (χ0) is 27.8. The number of imide groups is 1. The third-order valence-corrected chi connectivity index (χ3v) is 7.98. The number of rotatable bonds is 4. The lowest BCUT2D eigenvalue weighted by atomic mass is 9.80. The number of hydrogen-bond donors (Lipinski definition) is 7. The summed E-state index contributed by atoms with van der Waals surface area (Å²) in [6.07, 6.45) is 0.223. The summed E-state index contributed by atoms with van der Waals surface area (Å²) in [5.41, 5.74) is 12.6. The monoisotopic (exact) mass is 527 g/mol. The highest BCUT2D eigenvalue weighted by atomic mass is 16.5. The standard InChI is InChI=1S/C25H34N8O5/c1-12-6-5-7-13(18(12)23(2,3)4)20(36)29-15-11-33-22(27)28-14(10-32-16(34)8-9-17(32)35)19-24(33,25(15,37)38)31-21(26)30-19/h5-7,14-15,19,37-38H,8-11H2,1-4H3,(H2,27,28)(H,29,36)(H3,26,30,31)/p+1/t14-,15?,19-,24?/m0/s1. The average molecular weight is 528 g/mol. The van der Waals surface area contributed by atoms with Crippen LogP contribution in [0.5, 0.6) is 0 Å². The molecule has 1 aromatic carbocycles. The molecule has 1 aromatic rings. The number of nitrogens with zero attached hydrogens (tertiary/aromatic N) is 3. The van der Waals surface area contributed by atoms with Crippen molar-refractivity contribution in [2.75, 3.05) is 13.1 Å². The topological polar surface area (TPSA) is 201 Å². The van der Waals surface area contributed by atoms with Crippen LogP contribution in [0.2, 0.25) is 0 Å². The number of benzene rings is 1. The molecule has 0 saturated carbocycles. The van der Waals surface area contributed by atoms with Crippen molar-refractivity contribution >= 4 is 29.6 Å². The van der Waals surface area contributed by atoms with Crippen molar-refractivity contribution in [3.05, 3.63) is 34.9 Å². The first-order chi connectivity index (χ1) is 17.7. The van der Waals surface area contributed by atoms with E-state index >= 15 is 0 Å². The maximum atomic E-state index is 13.6. The molecule has 4 atom stereocenters. The van der Waals surface area contributed by atoms with Crippen LogP contribution in [0.25, 0.3) is 0 Å². The molecule has 0 bridgehead atoms. The lowest BCUT2D eigenvalue weighted by Gasteiger charge is -2.46. The maximum Gasteiger partial charge on any atom is 0.343 e. The highest BCUT2D eigenvalue weighted by Crippen LogP contribution is 2.41. The van der Waals surface area contributed by atoms with Gasteiger partial charge in [0.1, 0.15) is 12.1 Å². The van der Waals surface area contributed by atoms with E-state index in [0.717, 1.165) is 16.0 Å². The number of hydrogen-bond acceptors (Lipinski definition) is 10. The van der Waals surface area contributed by atoms with Gasteiger partial charge in [0, 0.05) is 18.4 Å². The van der Waals surface area contributed by atoms with Crippen LogP contribution in [-0.4, -0.2) is 92.3 Å². The van der Waals surface area contributed by atoms with Gasteiger partial charge in [-0.1, -0.05) is 32.9 Å². The molecule has 2 saturated heterocycles. The molecule has 204 valence electrons. The molecule has 9 N–H and O–H groups in total. The molecule has 4 aliphatic heterocycles. The van der Waals surface area contributed by atoms with Crippen LogP contribution in [0, 0.1) is 6.92 Å². The Hall–Kier alpha value is -3.71. The number of nitrogens with one attached hydrogen (secondary N) is 3. The Morgan fingerprint density at radius 3 is 2.53 bits per heavy atom. The van der Waals surface area contributed by atoms with Crippen molar-refractivity contribution in [3.63, 3.8) is 0 Å². The quantitative estimate of drug-likeness (QED) is 0.152. The molecule has 38 heavy (non-hydrogen) atoms. The Balaban J connectivity index is 1.48. The summed E-state index contributed by atoms with van der Waals surface area (Å²) < 4.78 is 0. The van der Waals surface area contributed by atoms with Crippen molar-refractivity contribution in [1.29, 1.82) is 0 Å². The van der Waals surface area contributed by atoms with Gasteiger partial charge < -0.3 is 21.3 Å². The molecule has 3 amide bonds. The van der Waals surface area contributed by atoms with Gasteiger partial charge >= 0.3 is 5.96 Å². The van der Waals surface area contributed by atoms with Crippen molar-refractivity contribution in [1.82, 2.24) is 20.4 Å². The summed E-state index contributed by atoms with van der Waals surface area (Å²) in [7, 11) is 0. The van der Waals surface area contributed by atoms with Gasteiger partial charge in [-0.05, 0) is 29.5 Å². The Morgan fingerprint density at radius 1 is 1.24 bits per heavy atom. The third-order valence-electron chi connectivity index (χ3n) is 7.98. The molecule has 0 aromatic heterocycles. The van der Waals surface area contributed by atoms with Crippen molar-refractivity contribution < 1.29 is 29.6 Å². The number of amides is 3. The van der Waals surface area contributed by atoms with Gasteiger partial charge in [0.05, 0.1) is 13.1 Å². The lowest BCUT2D eigenvalue weighted by Crippen LogP contribution is -2.90. The molecule has 13 heteroatoms. The molecule has 5 rings (SSSR count). The predicted octanol–water partition coefficient (Wildman–Crippen LogP) is -3.70. The number of aliphatic imine (C=N–C) groups is 1. The molecular formula is C25H35N8O5+. The van der Waals surface area contributed by atoms with Crippen LogP contribution >= 0.6 is 0 Å². The van der Waals surface area contributed by atoms with Crippen molar-refractivity contribution in [2.24, 2.45) is 16.5 Å². The summed E-state index contributed by atoms with van der Waals surface area (Å²) in [4.78, 5) is 48.2. The van der Waals surface area contributed by atoms with E-state index in [1.807, 2.05) is 33.8 Å². The largest absolute Gasteiger partial charge is 0.370 e. The summed E-state index contributed by atoms with van der Waals surface area (Å²) in [6.45, 7) is 7.76. The summed E-state index contributed by atoms with van der Waals surface area (Å²) in [6, 6.07) is 2.50. The minimum absolute atomic E-state index is 0.0375. The minimum Gasteiger partial charge on any atom is -0.370 e. The van der Waals surface area contributed by atoms with Crippen molar-refractivity contribution in [3.8, 4) is 0 Å². The number of likely N-dealkylation sites (tertiary alicyclic amines) is 1. The van der Waals surface area contributed by atoms with Crippen LogP contribution in [0.1, 0.15) is 55.1 Å². The van der Waals surface area contributed by atoms with Gasteiger partial charge in [-0.25, -0.2) is 10.3 Å². The number of carbonyl (C=O) groups excluding carboxylic acids is 3. The molecular weight excluding hydrogens is 492 g/mol. The SMILES string of the molecule is Cc1cccc(C(=O)NC2CN3C(N)=N[C@@H](CN4C(=O)CCC4=O)[C@@H]4[NH+]=C(N)NC43C2(O)O)c1C(C)(C)C. The second-order valence-electron chi connectivity index (χ2n) is 11.5. The molecule has 4 heterocycles. The normalized spacial score (nSPS) is 30.0. The van der Waals surface area contributed by atoms with Crippen LogP contribution in [0.4, 0.5) is 0 Å². The highest BCUT2D eigenvalue weighted by molar-refractivity contribution is 6.02. The van der Waals surface area contributed by atoms with Crippen LogP contribution in [0.3, 0.4) is 0 Å². The van der Waals surface area contributed by atoms with E-state index < -0.39 is 35.5 Å². The second kappa shape index (κ2) is 8.40. The Kier molecular flexibility index (Phi) is 5.73. The molecule has 13 nitrogen and oxygen atoms in total. The first kappa shape index (κ1) is 25.9.